The number of aromatic nitrogens is 1. The predicted octanol–water partition coefficient (Wildman–Crippen LogP) is 4.99. The molecule has 35 heavy (non-hydrogen) atoms. The number of carbonyl (C=O) groups is 2. The zero-order chi connectivity index (χ0) is 24.4. The smallest absolute Gasteiger partial charge is 0.325 e. The van der Waals surface area contributed by atoms with Gasteiger partial charge in [0.1, 0.15) is 17.3 Å². The van der Waals surface area contributed by atoms with Crippen molar-refractivity contribution in [3.63, 3.8) is 0 Å². The van der Waals surface area contributed by atoms with Crippen molar-refractivity contribution in [2.24, 2.45) is 0 Å². The van der Waals surface area contributed by atoms with Crippen LogP contribution in [0.4, 0.5) is 4.79 Å². The quantitative estimate of drug-likeness (QED) is 0.491. The van der Waals surface area contributed by atoms with Crippen molar-refractivity contribution in [2.75, 3.05) is 19.8 Å². The molecule has 2 aromatic heterocycles. The SMILES string of the molecule is CCOC(=O)CNC(=O)N1Cc2c(sc3c2CCCC3)-n2cccc2C1c1ccc(OCC)cc1. The first-order valence-electron chi connectivity index (χ1n) is 12.3. The van der Waals surface area contributed by atoms with E-state index < -0.39 is 5.97 Å². The molecule has 2 amide bonds. The molecule has 1 atom stereocenters. The van der Waals surface area contributed by atoms with E-state index >= 15 is 0 Å². The number of benzene rings is 1. The van der Waals surface area contributed by atoms with E-state index in [4.69, 9.17) is 9.47 Å². The van der Waals surface area contributed by atoms with Crippen molar-refractivity contribution in [1.29, 1.82) is 0 Å². The fourth-order valence-corrected chi connectivity index (χ4v) is 6.52. The molecule has 2 aliphatic rings. The highest BCUT2D eigenvalue weighted by Crippen LogP contribution is 2.44. The lowest BCUT2D eigenvalue weighted by Gasteiger charge is -2.31. The van der Waals surface area contributed by atoms with Crippen LogP contribution >= 0.6 is 11.3 Å². The van der Waals surface area contributed by atoms with Gasteiger partial charge in [-0.15, -0.1) is 11.3 Å². The third-order valence-corrected chi connectivity index (χ3v) is 7.97. The number of carbonyl (C=O) groups excluding carboxylic acids is 2. The lowest BCUT2D eigenvalue weighted by atomic mass is 9.95. The second-order valence-corrected chi connectivity index (χ2v) is 9.88. The van der Waals surface area contributed by atoms with Gasteiger partial charge in [-0.3, -0.25) is 4.79 Å². The summed E-state index contributed by atoms with van der Waals surface area (Å²) in [6, 6.07) is 11.5. The Morgan fingerprint density at radius 1 is 1.06 bits per heavy atom. The maximum Gasteiger partial charge on any atom is 0.325 e. The van der Waals surface area contributed by atoms with Gasteiger partial charge in [0.15, 0.2) is 0 Å². The van der Waals surface area contributed by atoms with Gasteiger partial charge in [-0.25, -0.2) is 4.79 Å². The second-order valence-electron chi connectivity index (χ2n) is 8.79. The summed E-state index contributed by atoms with van der Waals surface area (Å²) in [5.41, 5.74) is 4.63. The third kappa shape index (κ3) is 4.55. The first-order chi connectivity index (χ1) is 17.1. The molecule has 0 fully saturated rings. The van der Waals surface area contributed by atoms with Gasteiger partial charge >= 0.3 is 12.0 Å². The second kappa shape index (κ2) is 10.2. The van der Waals surface area contributed by atoms with Gasteiger partial charge in [-0.1, -0.05) is 12.1 Å². The Hall–Kier alpha value is -3.26. The average Bonchev–Trinajstić information content (AvgIpc) is 3.45. The maximum atomic E-state index is 13.6. The third-order valence-electron chi connectivity index (χ3n) is 6.64. The molecule has 8 heteroatoms. The van der Waals surface area contributed by atoms with Crippen LogP contribution in [-0.2, 0) is 28.9 Å². The van der Waals surface area contributed by atoms with Crippen LogP contribution < -0.4 is 10.1 Å². The largest absolute Gasteiger partial charge is 0.494 e. The van der Waals surface area contributed by atoms with Gasteiger partial charge in [-0.05, 0) is 74.9 Å². The van der Waals surface area contributed by atoms with Crippen molar-refractivity contribution < 1.29 is 19.1 Å². The molecule has 0 saturated heterocycles. The first-order valence-corrected chi connectivity index (χ1v) is 13.2. The minimum Gasteiger partial charge on any atom is -0.494 e. The number of esters is 1. The molecule has 1 unspecified atom stereocenters. The molecule has 1 N–H and O–H groups in total. The predicted molar refractivity (Wildman–Crippen MR) is 135 cm³/mol. The normalized spacial score (nSPS) is 16.5. The molecule has 7 nitrogen and oxygen atoms in total. The highest BCUT2D eigenvalue weighted by Gasteiger charge is 2.36. The van der Waals surface area contributed by atoms with Gasteiger partial charge in [0.25, 0.3) is 0 Å². The summed E-state index contributed by atoms with van der Waals surface area (Å²) < 4.78 is 12.9. The van der Waals surface area contributed by atoms with E-state index in [1.807, 2.05) is 53.5 Å². The summed E-state index contributed by atoms with van der Waals surface area (Å²) in [5, 5.41) is 4.01. The van der Waals surface area contributed by atoms with Crippen LogP contribution in [0.3, 0.4) is 0 Å². The zero-order valence-corrected chi connectivity index (χ0v) is 21.0. The molecule has 3 heterocycles. The lowest BCUT2D eigenvalue weighted by Crippen LogP contribution is -2.44. The Morgan fingerprint density at radius 2 is 1.86 bits per heavy atom. The number of hydrogen-bond acceptors (Lipinski definition) is 5. The molecule has 1 aromatic carbocycles. The number of aryl methyl sites for hydroxylation is 1. The van der Waals surface area contributed by atoms with E-state index in [-0.39, 0.29) is 25.2 Å². The standard InChI is InChI=1S/C27H31N3O4S/c1-3-33-19-13-11-18(12-14-19)25-22-9-7-15-29(22)26-21(20-8-5-6-10-23(20)35-26)17-30(25)27(32)28-16-24(31)34-4-2/h7,9,11-15,25H,3-6,8,10,16-17H2,1-2H3,(H,28,32). The van der Waals surface area contributed by atoms with Crippen molar-refractivity contribution in [3.05, 3.63) is 69.9 Å². The lowest BCUT2D eigenvalue weighted by molar-refractivity contribution is -0.141. The number of ether oxygens (including phenoxy) is 2. The van der Waals surface area contributed by atoms with E-state index in [0.29, 0.717) is 13.2 Å². The monoisotopic (exact) mass is 493 g/mol. The highest BCUT2D eigenvalue weighted by molar-refractivity contribution is 7.15. The van der Waals surface area contributed by atoms with Gasteiger partial charge in [-0.2, -0.15) is 0 Å². The average molecular weight is 494 g/mol. The Kier molecular flexibility index (Phi) is 6.81. The molecule has 0 saturated carbocycles. The number of hydrogen-bond donors (Lipinski definition) is 1. The topological polar surface area (TPSA) is 72.8 Å². The summed E-state index contributed by atoms with van der Waals surface area (Å²) in [5.74, 6) is 0.358. The van der Waals surface area contributed by atoms with Crippen LogP contribution in [0, 0.1) is 0 Å². The van der Waals surface area contributed by atoms with E-state index in [9.17, 15) is 9.59 Å². The minimum absolute atomic E-state index is 0.158. The van der Waals surface area contributed by atoms with Gasteiger partial charge in [0, 0.05) is 16.6 Å². The Balaban J connectivity index is 1.57. The molecule has 0 bridgehead atoms. The first kappa shape index (κ1) is 23.5. The van der Waals surface area contributed by atoms with Crippen molar-refractivity contribution in [1.82, 2.24) is 14.8 Å². The highest BCUT2D eigenvalue weighted by atomic mass is 32.1. The zero-order valence-electron chi connectivity index (χ0n) is 20.2. The molecule has 1 aliphatic carbocycles. The summed E-state index contributed by atoms with van der Waals surface area (Å²) >= 11 is 1.85. The summed E-state index contributed by atoms with van der Waals surface area (Å²) in [4.78, 5) is 28.9. The van der Waals surface area contributed by atoms with Crippen molar-refractivity contribution in [3.8, 4) is 10.8 Å². The number of nitrogens with one attached hydrogen (secondary N) is 1. The van der Waals surface area contributed by atoms with E-state index in [1.54, 1.807) is 6.92 Å². The van der Waals surface area contributed by atoms with Crippen molar-refractivity contribution in [2.45, 2.75) is 52.1 Å². The summed E-state index contributed by atoms with van der Waals surface area (Å²) in [6.07, 6.45) is 6.62. The molecule has 0 radical (unpaired) electrons. The molecule has 5 rings (SSSR count). The fraction of sp³-hybridized carbons (Fsp3) is 0.407. The molecular formula is C27H31N3O4S. The Morgan fingerprint density at radius 3 is 2.63 bits per heavy atom. The Labute approximate surface area is 209 Å². The van der Waals surface area contributed by atoms with Crippen LogP contribution in [-0.4, -0.2) is 41.2 Å². The fourth-order valence-electron chi connectivity index (χ4n) is 5.11. The van der Waals surface area contributed by atoms with Gasteiger partial charge in [0.05, 0.1) is 31.5 Å². The molecule has 1 aliphatic heterocycles. The van der Waals surface area contributed by atoms with Crippen LogP contribution in [0.25, 0.3) is 5.00 Å². The summed E-state index contributed by atoms with van der Waals surface area (Å²) in [7, 11) is 0. The summed E-state index contributed by atoms with van der Waals surface area (Å²) in [6.45, 7) is 4.92. The minimum atomic E-state index is -0.440. The van der Waals surface area contributed by atoms with E-state index in [2.05, 4.69) is 22.1 Å². The number of fused-ring (bicyclic) bond motifs is 5. The van der Waals surface area contributed by atoms with Crippen LogP contribution in [0.15, 0.2) is 42.6 Å². The number of nitrogens with zero attached hydrogens (tertiary/aromatic N) is 2. The van der Waals surface area contributed by atoms with Crippen LogP contribution in [0.1, 0.15) is 60.0 Å². The van der Waals surface area contributed by atoms with Crippen molar-refractivity contribution >= 4 is 23.3 Å². The molecule has 3 aromatic rings. The number of urea groups is 1. The van der Waals surface area contributed by atoms with E-state index in [1.165, 1.54) is 33.8 Å². The van der Waals surface area contributed by atoms with E-state index in [0.717, 1.165) is 29.8 Å². The number of thiophene rings is 1. The van der Waals surface area contributed by atoms with Crippen LogP contribution in [0.5, 0.6) is 5.75 Å². The molecule has 184 valence electrons. The van der Waals surface area contributed by atoms with Crippen LogP contribution in [0.2, 0.25) is 0 Å². The van der Waals surface area contributed by atoms with Gasteiger partial charge < -0.3 is 24.3 Å². The number of amides is 2. The molecular weight excluding hydrogens is 462 g/mol. The Bertz CT molecular complexity index is 1210. The van der Waals surface area contributed by atoms with Gasteiger partial charge in [0.2, 0.25) is 0 Å². The maximum absolute atomic E-state index is 13.6. The molecule has 0 spiro atoms. The number of rotatable bonds is 6.